The molecule has 2 aromatic heterocycles. The quantitative estimate of drug-likeness (QED) is 0.844. The summed E-state index contributed by atoms with van der Waals surface area (Å²) in [4.78, 5) is 43.8. The zero-order valence-electron chi connectivity index (χ0n) is 14.4. The van der Waals surface area contributed by atoms with Crippen molar-refractivity contribution in [2.24, 2.45) is 0 Å². The van der Waals surface area contributed by atoms with Crippen LogP contribution in [0.15, 0.2) is 11.1 Å². The highest BCUT2D eigenvalue weighted by molar-refractivity contribution is 7.18. The van der Waals surface area contributed by atoms with Gasteiger partial charge < -0.3 is 10.2 Å². The Bertz CT molecular complexity index is 825. The standard InChI is InChI=1S/C16H22N4O3S/c1-5-6-17-12(21)7-19(4)13(22)8-20-9-18-15-14(16(20)23)10(2)11(3)24-15/h9H,5-8H2,1-4H3,(H,17,21). The van der Waals surface area contributed by atoms with E-state index in [2.05, 4.69) is 10.3 Å². The molecular weight excluding hydrogens is 328 g/mol. The molecule has 0 aromatic carbocycles. The number of aromatic nitrogens is 2. The van der Waals surface area contributed by atoms with E-state index in [1.165, 1.54) is 27.1 Å². The molecule has 0 unspecified atom stereocenters. The predicted molar refractivity (Wildman–Crippen MR) is 94.3 cm³/mol. The number of fused-ring (bicyclic) bond motifs is 1. The monoisotopic (exact) mass is 350 g/mol. The maximum atomic E-state index is 12.6. The third-order valence-electron chi connectivity index (χ3n) is 3.84. The number of likely N-dealkylation sites (N-methyl/N-ethyl adjacent to an activating group) is 1. The van der Waals surface area contributed by atoms with Gasteiger partial charge in [0.1, 0.15) is 11.4 Å². The smallest absolute Gasteiger partial charge is 0.262 e. The number of nitrogens with one attached hydrogen (secondary N) is 1. The Morgan fingerprint density at radius 1 is 1.38 bits per heavy atom. The second kappa shape index (κ2) is 7.57. The third-order valence-corrected chi connectivity index (χ3v) is 4.96. The minimum absolute atomic E-state index is 0.0279. The van der Waals surface area contributed by atoms with Crippen LogP contribution in [0, 0.1) is 13.8 Å². The highest BCUT2D eigenvalue weighted by Crippen LogP contribution is 2.25. The molecule has 8 heteroatoms. The molecule has 2 heterocycles. The van der Waals surface area contributed by atoms with Crippen LogP contribution in [-0.2, 0) is 16.1 Å². The molecule has 0 saturated carbocycles. The summed E-state index contributed by atoms with van der Waals surface area (Å²) in [5, 5.41) is 3.28. The van der Waals surface area contributed by atoms with Crippen molar-refractivity contribution in [3.8, 4) is 0 Å². The molecule has 0 atom stereocenters. The van der Waals surface area contributed by atoms with Gasteiger partial charge in [-0.3, -0.25) is 19.0 Å². The molecule has 0 aliphatic rings. The number of nitrogens with zero attached hydrogens (tertiary/aromatic N) is 3. The number of rotatable bonds is 6. The number of amides is 2. The first-order chi connectivity index (χ1) is 11.3. The van der Waals surface area contributed by atoms with E-state index in [0.29, 0.717) is 16.8 Å². The number of carbonyl (C=O) groups excluding carboxylic acids is 2. The van der Waals surface area contributed by atoms with Gasteiger partial charge in [-0.2, -0.15) is 0 Å². The number of hydrogen-bond donors (Lipinski definition) is 1. The lowest BCUT2D eigenvalue weighted by molar-refractivity contribution is -0.135. The average molecular weight is 350 g/mol. The van der Waals surface area contributed by atoms with Crippen LogP contribution in [0.4, 0.5) is 0 Å². The molecule has 2 rings (SSSR count). The van der Waals surface area contributed by atoms with Crippen molar-refractivity contribution in [3.05, 3.63) is 27.1 Å². The number of carbonyl (C=O) groups is 2. The summed E-state index contributed by atoms with van der Waals surface area (Å²) in [5.74, 6) is -0.521. The molecule has 2 amide bonds. The summed E-state index contributed by atoms with van der Waals surface area (Å²) < 4.78 is 1.30. The molecule has 24 heavy (non-hydrogen) atoms. The normalized spacial score (nSPS) is 10.8. The van der Waals surface area contributed by atoms with Crippen LogP contribution in [0.3, 0.4) is 0 Å². The fourth-order valence-electron chi connectivity index (χ4n) is 2.27. The largest absolute Gasteiger partial charge is 0.355 e. The van der Waals surface area contributed by atoms with Crippen LogP contribution in [0.1, 0.15) is 23.8 Å². The van der Waals surface area contributed by atoms with Gasteiger partial charge in [0.2, 0.25) is 11.8 Å². The van der Waals surface area contributed by atoms with Gasteiger partial charge in [0.25, 0.3) is 5.56 Å². The van der Waals surface area contributed by atoms with Crippen LogP contribution in [0.25, 0.3) is 10.2 Å². The van der Waals surface area contributed by atoms with Crippen molar-refractivity contribution >= 4 is 33.4 Å². The molecule has 2 aromatic rings. The van der Waals surface area contributed by atoms with Gasteiger partial charge in [0.05, 0.1) is 18.3 Å². The molecule has 0 bridgehead atoms. The summed E-state index contributed by atoms with van der Waals surface area (Å²) in [6, 6.07) is 0. The van der Waals surface area contributed by atoms with E-state index in [1.54, 1.807) is 7.05 Å². The van der Waals surface area contributed by atoms with E-state index in [1.807, 2.05) is 20.8 Å². The predicted octanol–water partition coefficient (Wildman–Crippen LogP) is 1.06. The molecule has 0 saturated heterocycles. The summed E-state index contributed by atoms with van der Waals surface area (Å²) in [5.41, 5.74) is 0.681. The zero-order valence-corrected chi connectivity index (χ0v) is 15.2. The maximum Gasteiger partial charge on any atom is 0.262 e. The summed E-state index contributed by atoms with van der Waals surface area (Å²) >= 11 is 1.47. The lowest BCUT2D eigenvalue weighted by atomic mass is 10.2. The van der Waals surface area contributed by atoms with Gasteiger partial charge in [-0.25, -0.2) is 4.98 Å². The van der Waals surface area contributed by atoms with Gasteiger partial charge in [-0.1, -0.05) is 6.92 Å². The molecule has 130 valence electrons. The molecule has 7 nitrogen and oxygen atoms in total. The first-order valence-electron chi connectivity index (χ1n) is 7.81. The first kappa shape index (κ1) is 18.1. The first-order valence-corrected chi connectivity index (χ1v) is 8.62. The summed E-state index contributed by atoms with van der Waals surface area (Å²) in [7, 11) is 1.55. The Hall–Kier alpha value is -2.22. The zero-order chi connectivity index (χ0) is 17.9. The van der Waals surface area contributed by atoms with Gasteiger partial charge in [-0.15, -0.1) is 11.3 Å². The van der Waals surface area contributed by atoms with Crippen molar-refractivity contribution in [1.29, 1.82) is 0 Å². The van der Waals surface area contributed by atoms with Crippen LogP contribution in [0.5, 0.6) is 0 Å². The molecular formula is C16H22N4O3S. The topological polar surface area (TPSA) is 84.3 Å². The van der Waals surface area contributed by atoms with Gasteiger partial charge in [-0.05, 0) is 25.8 Å². The van der Waals surface area contributed by atoms with Crippen LogP contribution < -0.4 is 10.9 Å². The van der Waals surface area contributed by atoms with Crippen molar-refractivity contribution in [2.45, 2.75) is 33.7 Å². The Morgan fingerprint density at radius 2 is 2.08 bits per heavy atom. The van der Waals surface area contributed by atoms with E-state index in [-0.39, 0.29) is 30.5 Å². The molecule has 0 spiro atoms. The number of aryl methyl sites for hydroxylation is 2. The minimum atomic E-state index is -0.311. The SMILES string of the molecule is CCCNC(=O)CN(C)C(=O)Cn1cnc2sc(C)c(C)c2c1=O. The van der Waals surface area contributed by atoms with E-state index in [4.69, 9.17) is 0 Å². The van der Waals surface area contributed by atoms with E-state index in [9.17, 15) is 14.4 Å². The second-order valence-electron chi connectivity index (χ2n) is 5.74. The average Bonchev–Trinajstić information content (AvgIpc) is 2.83. The van der Waals surface area contributed by atoms with Crippen LogP contribution >= 0.6 is 11.3 Å². The third kappa shape index (κ3) is 3.81. The van der Waals surface area contributed by atoms with Crippen molar-refractivity contribution in [2.75, 3.05) is 20.1 Å². The van der Waals surface area contributed by atoms with E-state index >= 15 is 0 Å². The molecule has 0 radical (unpaired) electrons. The summed E-state index contributed by atoms with van der Waals surface area (Å²) in [6.07, 6.45) is 2.23. The Kier molecular flexibility index (Phi) is 5.71. The van der Waals surface area contributed by atoms with E-state index in [0.717, 1.165) is 16.9 Å². The number of hydrogen-bond acceptors (Lipinski definition) is 5. The minimum Gasteiger partial charge on any atom is -0.355 e. The fourth-order valence-corrected chi connectivity index (χ4v) is 3.26. The lowest BCUT2D eigenvalue weighted by Crippen LogP contribution is -2.41. The Morgan fingerprint density at radius 3 is 2.75 bits per heavy atom. The highest BCUT2D eigenvalue weighted by atomic mass is 32.1. The van der Waals surface area contributed by atoms with Gasteiger partial charge in [0.15, 0.2) is 0 Å². The molecule has 0 fully saturated rings. The molecule has 0 aliphatic heterocycles. The second-order valence-corrected chi connectivity index (χ2v) is 6.94. The Labute approximate surface area is 144 Å². The Balaban J connectivity index is 2.13. The summed E-state index contributed by atoms with van der Waals surface area (Å²) in [6.45, 7) is 6.21. The molecule has 0 aliphatic carbocycles. The van der Waals surface area contributed by atoms with Gasteiger partial charge in [0, 0.05) is 18.5 Å². The lowest BCUT2D eigenvalue weighted by Gasteiger charge is -2.17. The fraction of sp³-hybridized carbons (Fsp3) is 0.500. The van der Waals surface area contributed by atoms with Crippen molar-refractivity contribution in [3.63, 3.8) is 0 Å². The number of thiophene rings is 1. The highest BCUT2D eigenvalue weighted by Gasteiger charge is 2.16. The molecule has 1 N–H and O–H groups in total. The van der Waals surface area contributed by atoms with E-state index < -0.39 is 0 Å². The maximum absolute atomic E-state index is 12.6. The van der Waals surface area contributed by atoms with Crippen LogP contribution in [-0.4, -0.2) is 46.4 Å². The van der Waals surface area contributed by atoms with Crippen LogP contribution in [0.2, 0.25) is 0 Å². The van der Waals surface area contributed by atoms with Crippen molar-refractivity contribution < 1.29 is 9.59 Å². The van der Waals surface area contributed by atoms with Crippen molar-refractivity contribution in [1.82, 2.24) is 19.8 Å². The van der Waals surface area contributed by atoms with Gasteiger partial charge >= 0.3 is 0 Å².